The average molecular weight is 264 g/mol. The summed E-state index contributed by atoms with van der Waals surface area (Å²) in [5, 5.41) is 0. The van der Waals surface area contributed by atoms with Crippen molar-refractivity contribution in [2.75, 3.05) is 6.61 Å². The van der Waals surface area contributed by atoms with Gasteiger partial charge in [0.05, 0.1) is 0 Å². The van der Waals surface area contributed by atoms with Gasteiger partial charge in [-0.3, -0.25) is 9.59 Å². The third-order valence-electron chi connectivity index (χ3n) is 5.03. The lowest BCUT2D eigenvalue weighted by atomic mass is 9.58. The summed E-state index contributed by atoms with van der Waals surface area (Å²) in [7, 11) is 0. The van der Waals surface area contributed by atoms with Crippen LogP contribution in [0, 0.1) is 17.3 Å². The van der Waals surface area contributed by atoms with Gasteiger partial charge in [0.1, 0.15) is 6.61 Å². The Labute approximate surface area is 115 Å². The minimum Gasteiger partial charge on any atom is -0.458 e. The topological polar surface area (TPSA) is 43.4 Å². The summed E-state index contributed by atoms with van der Waals surface area (Å²) < 4.78 is 4.84. The number of Topliss-reactive ketones (excluding diaryl/α,β-unsaturated/α-hetero) is 1. The second kappa shape index (κ2) is 5.48. The second-order valence-electron chi connectivity index (χ2n) is 6.41. The molecular formula is C16H24O3. The van der Waals surface area contributed by atoms with Crippen LogP contribution in [0.25, 0.3) is 0 Å². The number of hydrogen-bond acceptors (Lipinski definition) is 3. The Morgan fingerprint density at radius 1 is 1.42 bits per heavy atom. The predicted octanol–water partition coefficient (Wildman–Crippen LogP) is 3.28. The van der Waals surface area contributed by atoms with Crippen LogP contribution in [0.3, 0.4) is 0 Å². The summed E-state index contributed by atoms with van der Waals surface area (Å²) in [5.41, 5.74) is 1.82. The number of ether oxygens (including phenoxy) is 1. The standard InChI is InChI=1S/C16H24O3/c1-11-5-4-7-16(3)8-6-13(9-14(11)16)15(18)10-19-12(2)17/h5,13-14H,4,6-10H2,1-3H3/t13-,14+,16-/m0/s1. The van der Waals surface area contributed by atoms with Gasteiger partial charge in [0.15, 0.2) is 5.78 Å². The molecule has 1 fully saturated rings. The third-order valence-corrected chi connectivity index (χ3v) is 5.03. The van der Waals surface area contributed by atoms with Gasteiger partial charge < -0.3 is 4.74 Å². The van der Waals surface area contributed by atoms with Crippen molar-refractivity contribution in [2.24, 2.45) is 17.3 Å². The quantitative estimate of drug-likeness (QED) is 0.580. The lowest BCUT2D eigenvalue weighted by molar-refractivity contribution is -0.147. The lowest BCUT2D eigenvalue weighted by Gasteiger charge is -2.47. The molecule has 1 saturated carbocycles. The number of carbonyl (C=O) groups is 2. The molecule has 0 N–H and O–H groups in total. The Hall–Kier alpha value is -1.12. The molecule has 0 aromatic rings. The Kier molecular flexibility index (Phi) is 4.12. The normalized spacial score (nSPS) is 34.2. The predicted molar refractivity (Wildman–Crippen MR) is 73.6 cm³/mol. The Morgan fingerprint density at radius 3 is 2.84 bits per heavy atom. The van der Waals surface area contributed by atoms with Crippen LogP contribution >= 0.6 is 0 Å². The molecule has 0 saturated heterocycles. The Morgan fingerprint density at radius 2 is 2.16 bits per heavy atom. The van der Waals surface area contributed by atoms with Crippen LogP contribution in [-0.4, -0.2) is 18.4 Å². The molecule has 3 atom stereocenters. The van der Waals surface area contributed by atoms with Gasteiger partial charge in [-0.1, -0.05) is 18.6 Å². The van der Waals surface area contributed by atoms with Gasteiger partial charge in [0, 0.05) is 12.8 Å². The van der Waals surface area contributed by atoms with Gasteiger partial charge in [0.2, 0.25) is 0 Å². The van der Waals surface area contributed by atoms with Crippen molar-refractivity contribution in [3.8, 4) is 0 Å². The summed E-state index contributed by atoms with van der Waals surface area (Å²) in [6.07, 6.45) is 7.72. The number of allylic oxidation sites excluding steroid dienone is 2. The van der Waals surface area contributed by atoms with Gasteiger partial charge in [-0.05, 0) is 50.4 Å². The average Bonchev–Trinajstić information content (AvgIpc) is 2.35. The van der Waals surface area contributed by atoms with E-state index in [1.54, 1.807) is 0 Å². The molecule has 3 heteroatoms. The molecule has 2 aliphatic carbocycles. The van der Waals surface area contributed by atoms with Crippen molar-refractivity contribution in [1.29, 1.82) is 0 Å². The molecule has 3 nitrogen and oxygen atoms in total. The molecule has 106 valence electrons. The van der Waals surface area contributed by atoms with Crippen LogP contribution in [0.4, 0.5) is 0 Å². The van der Waals surface area contributed by atoms with Gasteiger partial charge in [-0.2, -0.15) is 0 Å². The summed E-state index contributed by atoms with van der Waals surface area (Å²) in [6, 6.07) is 0. The van der Waals surface area contributed by atoms with Gasteiger partial charge in [-0.25, -0.2) is 0 Å². The van der Waals surface area contributed by atoms with Crippen molar-refractivity contribution in [2.45, 2.75) is 52.9 Å². The van der Waals surface area contributed by atoms with Crippen molar-refractivity contribution in [3.05, 3.63) is 11.6 Å². The van der Waals surface area contributed by atoms with Crippen LogP contribution in [-0.2, 0) is 14.3 Å². The van der Waals surface area contributed by atoms with Crippen molar-refractivity contribution in [3.63, 3.8) is 0 Å². The maximum Gasteiger partial charge on any atom is 0.303 e. The summed E-state index contributed by atoms with van der Waals surface area (Å²) in [6.45, 7) is 5.85. The minimum absolute atomic E-state index is 0.0494. The summed E-state index contributed by atoms with van der Waals surface area (Å²) in [4.78, 5) is 22.9. The molecule has 0 heterocycles. The van der Waals surface area contributed by atoms with Gasteiger partial charge in [-0.15, -0.1) is 0 Å². The van der Waals surface area contributed by atoms with E-state index in [0.717, 1.165) is 19.3 Å². The molecular weight excluding hydrogens is 240 g/mol. The maximum atomic E-state index is 12.1. The number of esters is 1. The first-order valence-corrected chi connectivity index (χ1v) is 7.25. The zero-order chi connectivity index (χ0) is 14.0. The minimum atomic E-state index is -0.372. The fourth-order valence-corrected chi connectivity index (χ4v) is 3.75. The number of rotatable bonds is 3. The molecule has 2 aliphatic rings. The van der Waals surface area contributed by atoms with E-state index in [-0.39, 0.29) is 24.3 Å². The summed E-state index contributed by atoms with van der Waals surface area (Å²) in [5.74, 6) is 0.318. The van der Waals surface area contributed by atoms with E-state index in [2.05, 4.69) is 19.9 Å². The van der Waals surface area contributed by atoms with Crippen LogP contribution < -0.4 is 0 Å². The van der Waals surface area contributed by atoms with E-state index < -0.39 is 0 Å². The zero-order valence-corrected chi connectivity index (χ0v) is 12.2. The number of carbonyl (C=O) groups excluding carboxylic acids is 2. The maximum absolute atomic E-state index is 12.1. The molecule has 0 unspecified atom stereocenters. The largest absolute Gasteiger partial charge is 0.458 e. The smallest absolute Gasteiger partial charge is 0.303 e. The van der Waals surface area contributed by atoms with Crippen LogP contribution in [0.2, 0.25) is 0 Å². The molecule has 0 aromatic heterocycles. The highest BCUT2D eigenvalue weighted by Crippen LogP contribution is 2.52. The SMILES string of the molecule is CC(=O)OCC(=O)[C@H]1CC[C@]2(C)CCC=C(C)[C@H]2C1. The molecule has 0 bridgehead atoms. The molecule has 0 radical (unpaired) electrons. The lowest BCUT2D eigenvalue weighted by Crippen LogP contribution is -2.39. The molecule has 0 aromatic carbocycles. The number of fused-ring (bicyclic) bond motifs is 1. The van der Waals surface area contributed by atoms with Crippen molar-refractivity contribution < 1.29 is 14.3 Å². The highest BCUT2D eigenvalue weighted by atomic mass is 16.5. The van der Waals surface area contributed by atoms with Gasteiger partial charge in [0.25, 0.3) is 0 Å². The molecule has 2 rings (SSSR count). The molecule has 0 amide bonds. The second-order valence-corrected chi connectivity index (χ2v) is 6.41. The number of ketones is 1. The van der Waals surface area contributed by atoms with Crippen LogP contribution in [0.5, 0.6) is 0 Å². The highest BCUT2D eigenvalue weighted by molar-refractivity contribution is 5.84. The van der Waals surface area contributed by atoms with Crippen LogP contribution in [0.15, 0.2) is 11.6 Å². The first-order chi connectivity index (χ1) is 8.92. The Balaban J connectivity index is 2.00. The van der Waals surface area contributed by atoms with Gasteiger partial charge >= 0.3 is 5.97 Å². The molecule has 19 heavy (non-hydrogen) atoms. The monoisotopic (exact) mass is 264 g/mol. The van der Waals surface area contributed by atoms with E-state index >= 15 is 0 Å². The fraction of sp³-hybridized carbons (Fsp3) is 0.750. The first kappa shape index (κ1) is 14.3. The zero-order valence-electron chi connectivity index (χ0n) is 12.2. The van der Waals surface area contributed by atoms with E-state index in [1.807, 2.05) is 0 Å². The fourth-order valence-electron chi connectivity index (χ4n) is 3.75. The van der Waals surface area contributed by atoms with E-state index in [4.69, 9.17) is 4.74 Å². The number of hydrogen-bond donors (Lipinski definition) is 0. The third kappa shape index (κ3) is 3.07. The van der Waals surface area contributed by atoms with E-state index in [0.29, 0.717) is 11.3 Å². The molecule has 0 aliphatic heterocycles. The van der Waals surface area contributed by atoms with Crippen molar-refractivity contribution in [1.82, 2.24) is 0 Å². The van der Waals surface area contributed by atoms with E-state index in [9.17, 15) is 9.59 Å². The highest BCUT2D eigenvalue weighted by Gasteiger charge is 2.43. The molecule has 0 spiro atoms. The van der Waals surface area contributed by atoms with E-state index in [1.165, 1.54) is 25.3 Å². The Bertz CT molecular complexity index is 410. The first-order valence-electron chi connectivity index (χ1n) is 7.25. The van der Waals surface area contributed by atoms with Crippen LogP contribution in [0.1, 0.15) is 52.9 Å². The van der Waals surface area contributed by atoms with Crippen molar-refractivity contribution >= 4 is 11.8 Å². The summed E-state index contributed by atoms with van der Waals surface area (Å²) >= 11 is 0.